The zero-order valence-electron chi connectivity index (χ0n) is 36.9. The third-order valence-electron chi connectivity index (χ3n) is 10.4. The van der Waals surface area contributed by atoms with Gasteiger partial charge in [-0.3, -0.25) is 14.4 Å². The Bertz CT molecular complexity index is 848. The molecular weight excluding hydrogens is 682 g/mol. The lowest BCUT2D eigenvalue weighted by Gasteiger charge is -2.21. The summed E-state index contributed by atoms with van der Waals surface area (Å²) in [6.45, 7) is 21.1. The molecule has 3 atom stereocenters. The van der Waals surface area contributed by atoms with E-state index in [1.165, 1.54) is 25.7 Å². The van der Waals surface area contributed by atoms with Crippen LogP contribution in [-0.2, 0) is 38.1 Å². The molecule has 0 amide bonds. The van der Waals surface area contributed by atoms with Gasteiger partial charge in [-0.1, -0.05) is 93.9 Å². The van der Waals surface area contributed by atoms with Gasteiger partial charge in [-0.15, -0.1) is 0 Å². The molecule has 0 rings (SSSR count). The number of hydrogen-bond acceptors (Lipinski definition) is 9. The highest BCUT2D eigenvalue weighted by Crippen LogP contribution is 2.26. The van der Waals surface area contributed by atoms with Gasteiger partial charge in [0.25, 0.3) is 0 Å². The van der Waals surface area contributed by atoms with Crippen LogP contribution in [0.4, 0.5) is 0 Å². The van der Waals surface area contributed by atoms with Gasteiger partial charge in [0.15, 0.2) is 0 Å². The van der Waals surface area contributed by atoms with Gasteiger partial charge in [0.05, 0.1) is 19.8 Å². The maximum Gasteiger partial charge on any atom is 0.308 e. The molecule has 0 saturated heterocycles. The Morgan fingerprint density at radius 2 is 0.926 bits per heavy atom. The first-order valence-electron chi connectivity index (χ1n) is 22.1. The minimum atomic E-state index is -0.711. The molecule has 54 heavy (non-hydrogen) atoms. The fraction of sp³-hybridized carbons (Fsp3) is 0.933. The van der Waals surface area contributed by atoms with Crippen molar-refractivity contribution in [1.82, 2.24) is 4.90 Å². The van der Waals surface area contributed by atoms with E-state index in [-0.39, 0.29) is 24.5 Å². The average molecular weight is 770 g/mol. The Kier molecular flexibility index (Phi) is 33.4. The van der Waals surface area contributed by atoms with Gasteiger partial charge in [-0.25, -0.2) is 0 Å². The van der Waals surface area contributed by atoms with Crippen LogP contribution >= 0.6 is 0 Å². The van der Waals surface area contributed by atoms with Crippen LogP contribution in [-0.4, -0.2) is 82.8 Å². The van der Waals surface area contributed by atoms with Crippen molar-refractivity contribution < 1.29 is 38.1 Å². The fourth-order valence-corrected chi connectivity index (χ4v) is 6.49. The van der Waals surface area contributed by atoms with Crippen LogP contribution in [0.25, 0.3) is 0 Å². The maximum absolute atomic E-state index is 12.5. The Morgan fingerprint density at radius 3 is 1.37 bits per heavy atom. The summed E-state index contributed by atoms with van der Waals surface area (Å²) in [6.07, 6.45) is 16.5. The van der Waals surface area contributed by atoms with E-state index in [0.29, 0.717) is 81.2 Å². The number of carbonyl (C=O) groups excluding carboxylic acids is 3. The Balaban J connectivity index is 4.23. The van der Waals surface area contributed by atoms with Gasteiger partial charge >= 0.3 is 17.9 Å². The molecule has 0 saturated carbocycles. The third-order valence-corrected chi connectivity index (χ3v) is 10.4. The summed E-state index contributed by atoms with van der Waals surface area (Å²) in [5, 5.41) is 0. The van der Waals surface area contributed by atoms with E-state index in [1.807, 2.05) is 19.0 Å². The normalized spacial score (nSPS) is 13.6. The summed E-state index contributed by atoms with van der Waals surface area (Å²) in [4.78, 5) is 39.1. The van der Waals surface area contributed by atoms with Crippen LogP contribution < -0.4 is 0 Å². The maximum atomic E-state index is 12.5. The molecule has 9 heteroatoms. The number of esters is 3. The van der Waals surface area contributed by atoms with Crippen molar-refractivity contribution in [3.05, 3.63) is 0 Å². The zero-order chi connectivity index (χ0) is 40.6. The standard InChI is InChI=1S/C45H87NO8/c1-36(2)22-24-40(38(5)6)26-28-42(47)51-32-17-12-11-13-19-34-53-45(54-44(49)21-20-30-46(9)10)35-50-31-16-14-15-18-33-52-43(48)29-27-41(39(7)8)25-23-37(3)4/h36-41,45H,11-35H2,1-10H3. The monoisotopic (exact) mass is 770 g/mol. The van der Waals surface area contributed by atoms with E-state index in [4.69, 9.17) is 23.7 Å². The van der Waals surface area contributed by atoms with Crippen molar-refractivity contribution >= 4 is 17.9 Å². The molecule has 0 N–H and O–H groups in total. The topological polar surface area (TPSA) is 101 Å². The van der Waals surface area contributed by atoms with Crippen molar-refractivity contribution in [2.24, 2.45) is 35.5 Å². The number of rotatable bonds is 37. The molecule has 0 bridgehead atoms. The molecule has 0 radical (unpaired) electrons. The average Bonchev–Trinajstić information content (AvgIpc) is 3.09. The summed E-state index contributed by atoms with van der Waals surface area (Å²) in [6, 6.07) is 0. The molecule has 0 aromatic rings. The largest absolute Gasteiger partial charge is 0.466 e. The van der Waals surface area contributed by atoms with E-state index < -0.39 is 6.29 Å². The van der Waals surface area contributed by atoms with E-state index in [9.17, 15) is 14.4 Å². The second kappa shape index (κ2) is 34.5. The molecule has 0 heterocycles. The molecular formula is C45H87NO8. The van der Waals surface area contributed by atoms with Gasteiger partial charge < -0.3 is 28.6 Å². The van der Waals surface area contributed by atoms with Gasteiger partial charge in [-0.05, 0) is 120 Å². The van der Waals surface area contributed by atoms with Crippen LogP contribution in [0.15, 0.2) is 0 Å². The van der Waals surface area contributed by atoms with Gasteiger partial charge in [0.1, 0.15) is 6.61 Å². The fourth-order valence-electron chi connectivity index (χ4n) is 6.49. The number of ether oxygens (including phenoxy) is 5. The second-order valence-corrected chi connectivity index (χ2v) is 17.4. The Morgan fingerprint density at radius 1 is 0.481 bits per heavy atom. The van der Waals surface area contributed by atoms with Crippen LogP contribution in [0.3, 0.4) is 0 Å². The van der Waals surface area contributed by atoms with E-state index >= 15 is 0 Å². The predicted molar refractivity (Wildman–Crippen MR) is 221 cm³/mol. The molecule has 0 fully saturated rings. The lowest BCUT2D eigenvalue weighted by Crippen LogP contribution is -2.27. The number of unbranched alkanes of at least 4 members (excludes halogenated alkanes) is 7. The molecule has 0 aliphatic heterocycles. The first-order chi connectivity index (χ1) is 25.7. The van der Waals surface area contributed by atoms with Crippen molar-refractivity contribution in [2.75, 3.05) is 53.7 Å². The summed E-state index contributed by atoms with van der Waals surface area (Å²) in [7, 11) is 3.97. The highest BCUT2D eigenvalue weighted by molar-refractivity contribution is 5.70. The van der Waals surface area contributed by atoms with E-state index in [0.717, 1.165) is 83.6 Å². The molecule has 0 aliphatic rings. The lowest BCUT2D eigenvalue weighted by atomic mass is 9.85. The van der Waals surface area contributed by atoms with Crippen molar-refractivity contribution in [3.8, 4) is 0 Å². The summed E-state index contributed by atoms with van der Waals surface area (Å²) < 4.78 is 28.5. The lowest BCUT2D eigenvalue weighted by molar-refractivity contribution is -0.191. The van der Waals surface area contributed by atoms with Crippen LogP contribution in [0, 0.1) is 35.5 Å². The summed E-state index contributed by atoms with van der Waals surface area (Å²) in [5.74, 6) is 3.32. The van der Waals surface area contributed by atoms with Crippen molar-refractivity contribution in [2.45, 2.75) is 184 Å². The summed E-state index contributed by atoms with van der Waals surface area (Å²) in [5.41, 5.74) is 0. The molecule has 0 aromatic heterocycles. The Hall–Kier alpha value is -1.71. The van der Waals surface area contributed by atoms with Crippen LogP contribution in [0.2, 0.25) is 0 Å². The predicted octanol–water partition coefficient (Wildman–Crippen LogP) is 10.8. The molecule has 0 aromatic carbocycles. The molecule has 0 aliphatic carbocycles. The highest BCUT2D eigenvalue weighted by Gasteiger charge is 2.18. The first-order valence-corrected chi connectivity index (χ1v) is 22.1. The molecule has 0 spiro atoms. The number of carbonyl (C=O) groups is 3. The van der Waals surface area contributed by atoms with Gasteiger partial charge in [-0.2, -0.15) is 0 Å². The highest BCUT2D eigenvalue weighted by atomic mass is 16.7. The summed E-state index contributed by atoms with van der Waals surface area (Å²) >= 11 is 0. The van der Waals surface area contributed by atoms with Gasteiger partial charge in [0, 0.05) is 25.9 Å². The number of nitrogens with zero attached hydrogens (tertiary/aromatic N) is 1. The minimum absolute atomic E-state index is 0.0703. The molecule has 9 nitrogen and oxygen atoms in total. The molecule has 3 unspecified atom stereocenters. The van der Waals surface area contributed by atoms with Gasteiger partial charge in [0.2, 0.25) is 6.29 Å². The second-order valence-electron chi connectivity index (χ2n) is 17.4. The quantitative estimate of drug-likeness (QED) is 0.0264. The van der Waals surface area contributed by atoms with E-state index in [2.05, 4.69) is 55.4 Å². The van der Waals surface area contributed by atoms with Crippen LogP contribution in [0.1, 0.15) is 177 Å². The smallest absolute Gasteiger partial charge is 0.308 e. The van der Waals surface area contributed by atoms with Crippen LogP contribution in [0.5, 0.6) is 0 Å². The number of hydrogen-bond donors (Lipinski definition) is 0. The zero-order valence-corrected chi connectivity index (χ0v) is 36.9. The first kappa shape index (κ1) is 52.3. The Labute approximate surface area is 333 Å². The van der Waals surface area contributed by atoms with Crippen molar-refractivity contribution in [1.29, 1.82) is 0 Å². The molecule has 320 valence electrons. The minimum Gasteiger partial charge on any atom is -0.466 e. The SMILES string of the molecule is CC(C)CCC(CCC(=O)OCCCCCCCOC(COCCCCCCOC(=O)CCC(CCC(C)C)C(C)C)OC(=O)CCCN(C)C)C(C)C. The third kappa shape index (κ3) is 33.6. The van der Waals surface area contributed by atoms with Crippen molar-refractivity contribution in [3.63, 3.8) is 0 Å². The van der Waals surface area contributed by atoms with E-state index in [1.54, 1.807) is 0 Å².